The van der Waals surface area contributed by atoms with Crippen molar-refractivity contribution in [3.8, 4) is 5.75 Å². The molecule has 4 nitrogen and oxygen atoms in total. The summed E-state index contributed by atoms with van der Waals surface area (Å²) in [6, 6.07) is 0. The highest BCUT2D eigenvalue weighted by molar-refractivity contribution is 5.74. The number of aromatic nitrogens is 1. The lowest BCUT2D eigenvalue weighted by Crippen LogP contribution is -2.14. The van der Waals surface area contributed by atoms with Gasteiger partial charge in [0, 0.05) is 11.8 Å². The van der Waals surface area contributed by atoms with E-state index in [2.05, 4.69) is 9.72 Å². The smallest absolute Gasteiger partial charge is 0.418 e. The molecule has 1 heterocycles. The molecule has 88 valence electrons. The average molecular weight is 235 g/mol. The van der Waals surface area contributed by atoms with Crippen LogP contribution in [-0.4, -0.2) is 23.2 Å². The number of rotatable bonds is 2. The fourth-order valence-electron chi connectivity index (χ4n) is 1.12. The van der Waals surface area contributed by atoms with Crippen molar-refractivity contribution in [1.29, 1.82) is 0 Å². The standard InChI is InChI=1S/C9H8F3NO3/c1-16-8(15)2-5-6(9(10,11)12)3-13-4-7(5)14/h3-4,14H,2H2,1H3. The lowest BCUT2D eigenvalue weighted by Gasteiger charge is -2.12. The number of hydrogen-bond donors (Lipinski definition) is 1. The third kappa shape index (κ3) is 2.62. The predicted molar refractivity (Wildman–Crippen MR) is 46.6 cm³/mol. The lowest BCUT2D eigenvalue weighted by molar-refractivity contribution is -0.141. The van der Waals surface area contributed by atoms with Gasteiger partial charge < -0.3 is 9.84 Å². The normalized spacial score (nSPS) is 11.2. The molecule has 0 aliphatic heterocycles. The van der Waals surface area contributed by atoms with Crippen LogP contribution in [0.5, 0.6) is 5.75 Å². The Morgan fingerprint density at radius 3 is 2.62 bits per heavy atom. The summed E-state index contributed by atoms with van der Waals surface area (Å²) in [4.78, 5) is 14.1. The van der Waals surface area contributed by atoms with Gasteiger partial charge in [0.05, 0.1) is 25.3 Å². The summed E-state index contributed by atoms with van der Waals surface area (Å²) in [7, 11) is 1.05. The molecule has 1 N–H and O–H groups in total. The van der Waals surface area contributed by atoms with Crippen molar-refractivity contribution in [3.63, 3.8) is 0 Å². The summed E-state index contributed by atoms with van der Waals surface area (Å²) in [6.45, 7) is 0. The number of carbonyl (C=O) groups is 1. The number of alkyl halides is 3. The van der Waals surface area contributed by atoms with E-state index in [-0.39, 0.29) is 0 Å². The van der Waals surface area contributed by atoms with E-state index in [0.29, 0.717) is 6.20 Å². The maximum Gasteiger partial charge on any atom is 0.418 e. The SMILES string of the molecule is COC(=O)Cc1c(O)cncc1C(F)(F)F. The maximum absolute atomic E-state index is 12.5. The first-order valence-corrected chi connectivity index (χ1v) is 4.16. The maximum atomic E-state index is 12.5. The molecule has 0 unspecified atom stereocenters. The molecule has 1 rings (SSSR count). The summed E-state index contributed by atoms with van der Waals surface area (Å²) in [5, 5.41) is 9.23. The number of carbonyl (C=O) groups excluding carboxylic acids is 1. The van der Waals surface area contributed by atoms with Crippen LogP contribution in [0.2, 0.25) is 0 Å². The molecule has 0 saturated carbocycles. The third-order valence-corrected chi connectivity index (χ3v) is 1.89. The summed E-state index contributed by atoms with van der Waals surface area (Å²) in [6.07, 6.45) is -3.93. The zero-order valence-corrected chi connectivity index (χ0v) is 8.21. The summed E-state index contributed by atoms with van der Waals surface area (Å²) < 4.78 is 41.7. The van der Waals surface area contributed by atoms with Crippen molar-refractivity contribution in [1.82, 2.24) is 4.98 Å². The molecule has 1 aromatic rings. The Bertz CT molecular complexity index is 403. The summed E-state index contributed by atoms with van der Waals surface area (Å²) >= 11 is 0. The molecule has 0 saturated heterocycles. The number of methoxy groups -OCH3 is 1. The minimum absolute atomic E-state index is 0.533. The summed E-state index contributed by atoms with van der Waals surface area (Å²) in [5.41, 5.74) is -1.67. The first-order chi connectivity index (χ1) is 7.36. The van der Waals surface area contributed by atoms with Crippen molar-refractivity contribution in [3.05, 3.63) is 23.5 Å². The second kappa shape index (κ2) is 4.38. The minimum Gasteiger partial charge on any atom is -0.506 e. The molecule has 0 aliphatic carbocycles. The first-order valence-electron chi connectivity index (χ1n) is 4.16. The molecule has 0 aromatic carbocycles. The van der Waals surface area contributed by atoms with E-state index >= 15 is 0 Å². The van der Waals surface area contributed by atoms with Gasteiger partial charge in [-0.2, -0.15) is 13.2 Å². The van der Waals surface area contributed by atoms with E-state index < -0.39 is 35.4 Å². The Hall–Kier alpha value is -1.79. The molecule has 0 atom stereocenters. The van der Waals surface area contributed by atoms with Gasteiger partial charge >= 0.3 is 12.1 Å². The highest BCUT2D eigenvalue weighted by atomic mass is 19.4. The number of esters is 1. The van der Waals surface area contributed by atoms with Crippen molar-refractivity contribution in [2.75, 3.05) is 7.11 Å². The quantitative estimate of drug-likeness (QED) is 0.789. The molecule has 0 fully saturated rings. The predicted octanol–water partition coefficient (Wildman–Crippen LogP) is 1.52. The Morgan fingerprint density at radius 1 is 1.50 bits per heavy atom. The second-order valence-corrected chi connectivity index (χ2v) is 2.94. The van der Waals surface area contributed by atoms with Crippen molar-refractivity contribution in [2.45, 2.75) is 12.6 Å². The van der Waals surface area contributed by atoms with Gasteiger partial charge in [-0.05, 0) is 0 Å². The van der Waals surface area contributed by atoms with Crippen LogP contribution in [0.15, 0.2) is 12.4 Å². The van der Waals surface area contributed by atoms with Crippen molar-refractivity contribution in [2.24, 2.45) is 0 Å². The van der Waals surface area contributed by atoms with E-state index in [1.807, 2.05) is 0 Å². The van der Waals surface area contributed by atoms with Gasteiger partial charge in [-0.3, -0.25) is 9.78 Å². The van der Waals surface area contributed by atoms with E-state index in [4.69, 9.17) is 0 Å². The van der Waals surface area contributed by atoms with E-state index in [9.17, 15) is 23.1 Å². The van der Waals surface area contributed by atoms with E-state index in [1.165, 1.54) is 0 Å². The third-order valence-electron chi connectivity index (χ3n) is 1.89. The molecular weight excluding hydrogens is 227 g/mol. The van der Waals surface area contributed by atoms with Gasteiger partial charge in [0.25, 0.3) is 0 Å². The molecule has 0 aliphatic rings. The number of hydrogen-bond acceptors (Lipinski definition) is 4. The lowest BCUT2D eigenvalue weighted by atomic mass is 10.1. The Morgan fingerprint density at radius 2 is 2.12 bits per heavy atom. The van der Waals surface area contributed by atoms with Crippen LogP contribution in [0.25, 0.3) is 0 Å². The van der Waals surface area contributed by atoms with Crippen LogP contribution in [0.3, 0.4) is 0 Å². The number of nitrogens with zero attached hydrogens (tertiary/aromatic N) is 1. The molecule has 7 heteroatoms. The van der Waals surface area contributed by atoms with Crippen LogP contribution in [-0.2, 0) is 22.1 Å². The number of ether oxygens (including phenoxy) is 1. The van der Waals surface area contributed by atoms with Gasteiger partial charge in [0.2, 0.25) is 0 Å². The van der Waals surface area contributed by atoms with Crippen molar-refractivity contribution >= 4 is 5.97 Å². The van der Waals surface area contributed by atoms with E-state index in [1.54, 1.807) is 0 Å². The largest absolute Gasteiger partial charge is 0.506 e. The number of aromatic hydroxyl groups is 1. The van der Waals surface area contributed by atoms with Crippen LogP contribution in [0, 0.1) is 0 Å². The van der Waals surface area contributed by atoms with Crippen LogP contribution in [0.4, 0.5) is 13.2 Å². The Balaban J connectivity index is 3.19. The van der Waals surface area contributed by atoms with Crippen LogP contribution >= 0.6 is 0 Å². The van der Waals surface area contributed by atoms with Crippen LogP contribution < -0.4 is 0 Å². The number of pyridine rings is 1. The molecule has 16 heavy (non-hydrogen) atoms. The average Bonchev–Trinajstić information content (AvgIpc) is 2.19. The van der Waals surface area contributed by atoms with Gasteiger partial charge in [0.1, 0.15) is 5.75 Å². The minimum atomic E-state index is -4.67. The molecule has 0 radical (unpaired) electrons. The fraction of sp³-hybridized carbons (Fsp3) is 0.333. The topological polar surface area (TPSA) is 59.4 Å². The van der Waals surface area contributed by atoms with Gasteiger partial charge in [-0.25, -0.2) is 0 Å². The van der Waals surface area contributed by atoms with Gasteiger partial charge in [-0.1, -0.05) is 0 Å². The summed E-state index contributed by atoms with van der Waals surface area (Å²) in [5.74, 6) is -1.55. The number of halogens is 3. The molecule has 0 spiro atoms. The van der Waals surface area contributed by atoms with Crippen LogP contribution in [0.1, 0.15) is 11.1 Å². The highest BCUT2D eigenvalue weighted by Crippen LogP contribution is 2.35. The zero-order chi connectivity index (χ0) is 12.3. The van der Waals surface area contributed by atoms with E-state index in [0.717, 1.165) is 13.3 Å². The zero-order valence-electron chi connectivity index (χ0n) is 8.21. The van der Waals surface area contributed by atoms with Gasteiger partial charge in [-0.15, -0.1) is 0 Å². The fourth-order valence-corrected chi connectivity index (χ4v) is 1.12. The molecule has 0 bridgehead atoms. The van der Waals surface area contributed by atoms with Crippen molar-refractivity contribution < 1.29 is 27.8 Å². The molecule has 1 aromatic heterocycles. The second-order valence-electron chi connectivity index (χ2n) is 2.94. The molecular formula is C9H8F3NO3. The Kier molecular flexibility index (Phi) is 3.36. The monoisotopic (exact) mass is 235 g/mol. The molecule has 0 amide bonds. The first kappa shape index (κ1) is 12.3. The van der Waals surface area contributed by atoms with Gasteiger partial charge in [0.15, 0.2) is 0 Å². The Labute approximate surface area is 88.7 Å². The highest BCUT2D eigenvalue weighted by Gasteiger charge is 2.35.